The summed E-state index contributed by atoms with van der Waals surface area (Å²) in [5.41, 5.74) is 0. The number of thiol groups is 1. The highest BCUT2D eigenvalue weighted by Crippen LogP contribution is 1.98. The monoisotopic (exact) mass is 219 g/mol. The fraction of sp³-hybridized carbons (Fsp3) is 0.667. The summed E-state index contributed by atoms with van der Waals surface area (Å²) in [4.78, 5) is 12.7. The van der Waals surface area contributed by atoms with Crippen LogP contribution in [0.5, 0.6) is 0 Å². The fourth-order valence-corrected chi connectivity index (χ4v) is 1.14. The summed E-state index contributed by atoms with van der Waals surface area (Å²) in [5, 5.41) is 17.8. The molecule has 82 valence electrons. The van der Waals surface area contributed by atoms with Crippen molar-refractivity contribution in [2.45, 2.75) is 12.5 Å². The third-order valence-electron chi connectivity index (χ3n) is 1.71. The average molecular weight is 219 g/mol. The lowest BCUT2D eigenvalue weighted by Gasteiger charge is -2.22. The second-order valence-corrected chi connectivity index (χ2v) is 3.35. The molecule has 0 aromatic heterocycles. The molecule has 4 nitrogen and oxygen atoms in total. The molecular formula is C9H17NO3S. The van der Waals surface area contributed by atoms with Gasteiger partial charge in [-0.15, -0.1) is 0 Å². The highest BCUT2D eigenvalue weighted by molar-refractivity contribution is 7.80. The van der Waals surface area contributed by atoms with Crippen LogP contribution < -0.4 is 0 Å². The van der Waals surface area contributed by atoms with Gasteiger partial charge in [0.05, 0.1) is 12.7 Å². The van der Waals surface area contributed by atoms with Crippen molar-refractivity contribution in [2.75, 3.05) is 25.4 Å². The first kappa shape index (κ1) is 13.5. The molecule has 1 unspecified atom stereocenters. The van der Waals surface area contributed by atoms with Crippen molar-refractivity contribution in [2.24, 2.45) is 0 Å². The van der Waals surface area contributed by atoms with Gasteiger partial charge in [-0.3, -0.25) is 4.79 Å². The summed E-state index contributed by atoms with van der Waals surface area (Å²) >= 11 is 4.03. The van der Waals surface area contributed by atoms with Crippen molar-refractivity contribution in [3.8, 4) is 0 Å². The zero-order valence-corrected chi connectivity index (χ0v) is 8.99. The van der Waals surface area contributed by atoms with Crippen LogP contribution >= 0.6 is 12.6 Å². The zero-order valence-electron chi connectivity index (χ0n) is 8.09. The third-order valence-corrected chi connectivity index (χ3v) is 2.03. The van der Waals surface area contributed by atoms with Gasteiger partial charge in [0.2, 0.25) is 5.91 Å². The van der Waals surface area contributed by atoms with E-state index in [-0.39, 0.29) is 19.1 Å². The first-order valence-electron chi connectivity index (χ1n) is 4.46. The van der Waals surface area contributed by atoms with Crippen LogP contribution in [0.4, 0.5) is 0 Å². The van der Waals surface area contributed by atoms with Crippen molar-refractivity contribution in [1.29, 1.82) is 0 Å². The largest absolute Gasteiger partial charge is 0.394 e. The minimum absolute atomic E-state index is 0.134. The fourth-order valence-electron chi connectivity index (χ4n) is 0.994. The van der Waals surface area contributed by atoms with E-state index in [0.717, 1.165) is 6.42 Å². The summed E-state index contributed by atoms with van der Waals surface area (Å²) in [6.45, 7) is 3.68. The van der Waals surface area contributed by atoms with Gasteiger partial charge < -0.3 is 15.1 Å². The molecule has 0 aliphatic rings. The molecule has 0 spiro atoms. The molecule has 0 aliphatic carbocycles. The van der Waals surface area contributed by atoms with Gasteiger partial charge in [-0.2, -0.15) is 12.6 Å². The number of carbonyl (C=O) groups is 1. The van der Waals surface area contributed by atoms with Gasteiger partial charge >= 0.3 is 0 Å². The van der Waals surface area contributed by atoms with Gasteiger partial charge in [-0.05, 0) is 18.2 Å². The van der Waals surface area contributed by atoms with Crippen molar-refractivity contribution < 1.29 is 15.0 Å². The molecule has 0 aromatic rings. The van der Waals surface area contributed by atoms with Gasteiger partial charge in [-0.25, -0.2) is 0 Å². The maximum atomic E-state index is 11.3. The number of aliphatic hydroxyl groups is 2. The summed E-state index contributed by atoms with van der Waals surface area (Å²) in [7, 11) is 0. The standard InChI is InChI=1S/C9H17NO3S/c1-2-9(13)10(4-3-5-14)6-8(12)7-11/h2,8,11-12,14H,1,3-7H2. The van der Waals surface area contributed by atoms with Crippen LogP contribution in [0.15, 0.2) is 12.7 Å². The Bertz CT molecular complexity index is 187. The van der Waals surface area contributed by atoms with Crippen molar-refractivity contribution in [1.82, 2.24) is 4.90 Å². The SMILES string of the molecule is C=CC(=O)N(CCCS)CC(O)CO. The van der Waals surface area contributed by atoms with Crippen LogP contribution in [0, 0.1) is 0 Å². The van der Waals surface area contributed by atoms with Crippen LogP contribution in [-0.2, 0) is 4.79 Å². The smallest absolute Gasteiger partial charge is 0.246 e. The van der Waals surface area contributed by atoms with Crippen LogP contribution in [0.3, 0.4) is 0 Å². The van der Waals surface area contributed by atoms with Gasteiger partial charge in [0, 0.05) is 13.1 Å². The van der Waals surface area contributed by atoms with Crippen LogP contribution in [0.25, 0.3) is 0 Å². The van der Waals surface area contributed by atoms with Crippen molar-refractivity contribution in [3.63, 3.8) is 0 Å². The lowest BCUT2D eigenvalue weighted by Crippen LogP contribution is -2.38. The first-order valence-corrected chi connectivity index (χ1v) is 5.10. The molecule has 0 aliphatic heterocycles. The summed E-state index contributed by atoms with van der Waals surface area (Å²) in [5.74, 6) is 0.440. The molecule has 5 heteroatoms. The highest BCUT2D eigenvalue weighted by Gasteiger charge is 2.13. The number of amides is 1. The first-order chi connectivity index (χ1) is 6.65. The molecule has 1 amide bonds. The normalized spacial score (nSPS) is 12.2. The van der Waals surface area contributed by atoms with E-state index >= 15 is 0 Å². The van der Waals surface area contributed by atoms with E-state index in [2.05, 4.69) is 19.2 Å². The van der Waals surface area contributed by atoms with Gasteiger partial charge in [-0.1, -0.05) is 6.58 Å². The molecule has 0 rings (SSSR count). The predicted octanol–water partition coefficient (Wildman–Crippen LogP) is -0.326. The third kappa shape index (κ3) is 5.26. The molecule has 0 aromatic carbocycles. The number of rotatable bonds is 7. The average Bonchev–Trinajstić information content (AvgIpc) is 2.22. The van der Waals surface area contributed by atoms with E-state index in [1.54, 1.807) is 0 Å². The molecule has 0 saturated heterocycles. The summed E-state index contributed by atoms with van der Waals surface area (Å²) < 4.78 is 0. The van der Waals surface area contributed by atoms with E-state index in [9.17, 15) is 9.90 Å². The Hall–Kier alpha value is -0.520. The van der Waals surface area contributed by atoms with Crippen LogP contribution in [0.1, 0.15) is 6.42 Å². The predicted molar refractivity (Wildman–Crippen MR) is 58.3 cm³/mol. The molecule has 1 atom stereocenters. The van der Waals surface area contributed by atoms with E-state index in [1.165, 1.54) is 11.0 Å². The second-order valence-electron chi connectivity index (χ2n) is 2.90. The molecule has 14 heavy (non-hydrogen) atoms. The number of hydrogen-bond donors (Lipinski definition) is 3. The Morgan fingerprint density at radius 2 is 2.29 bits per heavy atom. The molecule has 0 saturated carbocycles. The number of nitrogens with zero attached hydrogens (tertiary/aromatic N) is 1. The van der Waals surface area contributed by atoms with Gasteiger partial charge in [0.25, 0.3) is 0 Å². The molecule has 2 N–H and O–H groups in total. The number of aliphatic hydroxyl groups excluding tert-OH is 2. The molecular weight excluding hydrogens is 202 g/mol. The van der Waals surface area contributed by atoms with E-state index < -0.39 is 6.10 Å². The summed E-state index contributed by atoms with van der Waals surface area (Å²) in [6.07, 6.45) is 1.06. The van der Waals surface area contributed by atoms with Gasteiger partial charge in [0.15, 0.2) is 0 Å². The second kappa shape index (κ2) is 7.84. The molecule has 0 fully saturated rings. The van der Waals surface area contributed by atoms with Crippen LogP contribution in [-0.4, -0.2) is 52.6 Å². The lowest BCUT2D eigenvalue weighted by atomic mass is 10.3. The minimum atomic E-state index is -0.890. The van der Waals surface area contributed by atoms with Crippen LogP contribution in [0.2, 0.25) is 0 Å². The topological polar surface area (TPSA) is 60.8 Å². The van der Waals surface area contributed by atoms with Crippen molar-refractivity contribution in [3.05, 3.63) is 12.7 Å². The highest BCUT2D eigenvalue weighted by atomic mass is 32.1. The zero-order chi connectivity index (χ0) is 11.0. The summed E-state index contributed by atoms with van der Waals surface area (Å²) in [6, 6.07) is 0. The number of hydrogen-bond acceptors (Lipinski definition) is 4. The molecule has 0 heterocycles. The quantitative estimate of drug-likeness (QED) is 0.406. The molecule has 0 bridgehead atoms. The Morgan fingerprint density at radius 3 is 2.71 bits per heavy atom. The Kier molecular flexibility index (Phi) is 7.55. The number of carbonyl (C=O) groups excluding carboxylic acids is 1. The maximum absolute atomic E-state index is 11.3. The van der Waals surface area contributed by atoms with Crippen molar-refractivity contribution >= 4 is 18.5 Å². The molecule has 0 radical (unpaired) electrons. The Balaban J connectivity index is 4.09. The van der Waals surface area contributed by atoms with E-state index in [4.69, 9.17) is 5.11 Å². The Morgan fingerprint density at radius 1 is 1.64 bits per heavy atom. The van der Waals surface area contributed by atoms with E-state index in [0.29, 0.717) is 12.3 Å². The Labute approximate surface area is 89.6 Å². The minimum Gasteiger partial charge on any atom is -0.394 e. The van der Waals surface area contributed by atoms with Gasteiger partial charge in [0.1, 0.15) is 0 Å². The maximum Gasteiger partial charge on any atom is 0.246 e. The van der Waals surface area contributed by atoms with E-state index in [1.807, 2.05) is 0 Å². The lowest BCUT2D eigenvalue weighted by molar-refractivity contribution is -0.127.